The van der Waals surface area contributed by atoms with E-state index >= 15 is 0 Å². The molecule has 0 aliphatic rings. The molecule has 0 aliphatic heterocycles. The third-order valence-electron chi connectivity index (χ3n) is 5.32. The zero-order valence-corrected chi connectivity index (χ0v) is 19.4. The van der Waals surface area contributed by atoms with Crippen molar-refractivity contribution in [2.75, 3.05) is 0 Å². The maximum absolute atomic E-state index is 3.04. The molecule has 0 aromatic heterocycles. The molecule has 0 fully saturated rings. The number of hydrogen-bond donors (Lipinski definition) is 0. The van der Waals surface area contributed by atoms with Gasteiger partial charge in [0.1, 0.15) is 0 Å². The quantitative estimate of drug-likeness (QED) is 0.489. The summed E-state index contributed by atoms with van der Waals surface area (Å²) in [6, 6.07) is 11.7. The van der Waals surface area contributed by atoms with Gasteiger partial charge in [-0.05, 0) is 61.9 Å². The highest BCUT2D eigenvalue weighted by Gasteiger charge is 2.23. The Morgan fingerprint density at radius 3 is 1.65 bits per heavy atom. The van der Waals surface area contributed by atoms with Gasteiger partial charge in [-0.15, -0.1) is 9.24 Å². The van der Waals surface area contributed by atoms with Crippen molar-refractivity contribution in [1.82, 2.24) is 0 Å². The van der Waals surface area contributed by atoms with E-state index < -0.39 is 0 Å². The Labute approximate surface area is 164 Å². The van der Waals surface area contributed by atoms with Crippen molar-refractivity contribution >= 4 is 14.5 Å². The molecule has 2 aromatic carbocycles. The van der Waals surface area contributed by atoms with Crippen molar-refractivity contribution in [2.24, 2.45) is 0 Å². The van der Waals surface area contributed by atoms with Crippen molar-refractivity contribution in [1.29, 1.82) is 0 Å². The second-order valence-electron chi connectivity index (χ2n) is 9.56. The number of hydrogen-bond acceptors (Lipinski definition) is 0. The van der Waals surface area contributed by atoms with Gasteiger partial charge < -0.3 is 0 Å². The van der Waals surface area contributed by atoms with Crippen molar-refractivity contribution in [3.05, 3.63) is 52.6 Å². The van der Waals surface area contributed by atoms with Gasteiger partial charge in [0.05, 0.1) is 0 Å². The third kappa shape index (κ3) is 4.23. The highest BCUT2D eigenvalue weighted by atomic mass is 31.0. The largest absolute Gasteiger partial charge is 0.105 e. The number of rotatable bonds is 4. The molecule has 0 bridgehead atoms. The van der Waals surface area contributed by atoms with Gasteiger partial charge in [0.15, 0.2) is 0 Å². The fourth-order valence-corrected chi connectivity index (χ4v) is 4.47. The molecular weight excluding hydrogens is 331 g/mol. The Balaban J connectivity index is 2.89. The predicted molar refractivity (Wildman–Crippen MR) is 122 cm³/mol. The highest BCUT2D eigenvalue weighted by molar-refractivity contribution is 7.28. The molecule has 0 N–H and O–H groups in total. The summed E-state index contributed by atoms with van der Waals surface area (Å²) in [6.45, 7) is 20.8. The lowest BCUT2D eigenvalue weighted by Gasteiger charge is -2.27. The van der Waals surface area contributed by atoms with E-state index in [1.54, 1.807) is 0 Å². The molecule has 0 saturated carbocycles. The lowest BCUT2D eigenvalue weighted by Crippen LogP contribution is -2.20. The summed E-state index contributed by atoms with van der Waals surface area (Å²) in [5.74, 6) is 1.56. The van der Waals surface area contributed by atoms with Crippen LogP contribution >= 0.6 is 9.24 Å². The number of benzene rings is 2. The molecular formula is C25H37P. The molecule has 1 atom stereocenters. The first-order valence-electron chi connectivity index (χ1n) is 10.0. The summed E-state index contributed by atoms with van der Waals surface area (Å²) in [4.78, 5) is 0. The zero-order chi connectivity index (χ0) is 19.8. The maximum atomic E-state index is 3.04. The molecule has 0 nitrogen and oxygen atoms in total. The van der Waals surface area contributed by atoms with Crippen LogP contribution in [0.15, 0.2) is 30.3 Å². The molecule has 1 heteroatoms. The highest BCUT2D eigenvalue weighted by Crippen LogP contribution is 2.39. The van der Waals surface area contributed by atoms with Gasteiger partial charge in [-0.3, -0.25) is 0 Å². The van der Waals surface area contributed by atoms with E-state index in [4.69, 9.17) is 0 Å². The summed E-state index contributed by atoms with van der Waals surface area (Å²) in [7, 11) is 3.04. The standard InChI is InChI=1S/C25H37P/c1-15(2)18-13-20(16(3)4)23(21(14-18)17(5)6)19-11-10-12-22(24(19)26)25(7,8)9/h10-17H,26H2,1-9H3. The van der Waals surface area contributed by atoms with Crippen LogP contribution in [0, 0.1) is 0 Å². The molecule has 0 spiro atoms. The minimum Gasteiger partial charge on any atom is -0.105 e. The molecule has 2 aromatic rings. The molecule has 26 heavy (non-hydrogen) atoms. The predicted octanol–water partition coefficient (Wildman–Crippen LogP) is 7.52. The summed E-state index contributed by atoms with van der Waals surface area (Å²) < 4.78 is 0. The van der Waals surface area contributed by atoms with E-state index in [-0.39, 0.29) is 5.41 Å². The Kier molecular flexibility index (Phi) is 6.40. The van der Waals surface area contributed by atoms with E-state index in [1.165, 1.54) is 38.7 Å². The van der Waals surface area contributed by atoms with Crippen LogP contribution < -0.4 is 5.30 Å². The van der Waals surface area contributed by atoms with Crippen molar-refractivity contribution in [3.63, 3.8) is 0 Å². The molecule has 0 aliphatic carbocycles. The van der Waals surface area contributed by atoms with Crippen molar-refractivity contribution in [2.45, 2.75) is 85.5 Å². The van der Waals surface area contributed by atoms with Gasteiger partial charge in [0, 0.05) is 0 Å². The van der Waals surface area contributed by atoms with Crippen LogP contribution in [0.2, 0.25) is 0 Å². The Hall–Kier alpha value is -1.13. The van der Waals surface area contributed by atoms with E-state index in [0.717, 1.165) is 0 Å². The van der Waals surface area contributed by atoms with Crippen molar-refractivity contribution < 1.29 is 0 Å². The first kappa shape index (κ1) is 21.2. The normalized spacial score (nSPS) is 12.5. The van der Waals surface area contributed by atoms with Gasteiger partial charge >= 0.3 is 0 Å². The molecule has 0 heterocycles. The topological polar surface area (TPSA) is 0 Å². The Morgan fingerprint density at radius 2 is 1.27 bits per heavy atom. The summed E-state index contributed by atoms with van der Waals surface area (Å²) in [5.41, 5.74) is 8.81. The fourth-order valence-electron chi connectivity index (χ4n) is 3.70. The first-order valence-corrected chi connectivity index (χ1v) is 10.6. The second-order valence-corrected chi connectivity index (χ2v) is 10.1. The summed E-state index contributed by atoms with van der Waals surface area (Å²) in [5, 5.41) is 1.35. The summed E-state index contributed by atoms with van der Waals surface area (Å²) in [6.07, 6.45) is 0. The average Bonchev–Trinajstić information content (AvgIpc) is 2.52. The fraction of sp³-hybridized carbons (Fsp3) is 0.520. The van der Waals surface area contributed by atoms with Crippen LogP contribution in [0.25, 0.3) is 11.1 Å². The SMILES string of the molecule is CC(C)c1cc(C(C)C)c(-c2cccc(C(C)(C)C)c2P)c(C(C)C)c1. The van der Waals surface area contributed by atoms with Gasteiger partial charge in [-0.25, -0.2) is 0 Å². The lowest BCUT2D eigenvalue weighted by molar-refractivity contribution is 0.594. The second kappa shape index (κ2) is 7.85. The maximum Gasteiger partial charge on any atom is -0.0104 e. The van der Waals surface area contributed by atoms with Crippen LogP contribution in [-0.4, -0.2) is 0 Å². The zero-order valence-electron chi connectivity index (χ0n) is 18.2. The van der Waals surface area contributed by atoms with E-state index in [2.05, 4.69) is 102 Å². The summed E-state index contributed by atoms with van der Waals surface area (Å²) >= 11 is 0. The molecule has 0 radical (unpaired) electrons. The minimum absolute atomic E-state index is 0.140. The van der Waals surface area contributed by atoms with Crippen LogP contribution in [0.3, 0.4) is 0 Å². The Bertz CT molecular complexity index is 744. The van der Waals surface area contributed by atoms with Crippen LogP contribution in [0.5, 0.6) is 0 Å². The van der Waals surface area contributed by atoms with Gasteiger partial charge in [-0.2, -0.15) is 0 Å². The molecule has 2 rings (SSSR count). The molecule has 1 unspecified atom stereocenters. The lowest BCUT2D eigenvalue weighted by atomic mass is 9.79. The van der Waals surface area contributed by atoms with E-state index in [1.807, 2.05) is 0 Å². The average molecular weight is 369 g/mol. The van der Waals surface area contributed by atoms with E-state index in [9.17, 15) is 0 Å². The third-order valence-corrected chi connectivity index (χ3v) is 5.94. The van der Waals surface area contributed by atoms with Gasteiger partial charge in [0.25, 0.3) is 0 Å². The van der Waals surface area contributed by atoms with Gasteiger partial charge in [0.2, 0.25) is 0 Å². The van der Waals surface area contributed by atoms with Crippen LogP contribution in [0.4, 0.5) is 0 Å². The molecule has 0 amide bonds. The van der Waals surface area contributed by atoms with Crippen LogP contribution in [0.1, 0.15) is 102 Å². The van der Waals surface area contributed by atoms with Crippen molar-refractivity contribution in [3.8, 4) is 11.1 Å². The first-order chi connectivity index (χ1) is 11.9. The molecule has 142 valence electrons. The Morgan fingerprint density at radius 1 is 0.769 bits per heavy atom. The monoisotopic (exact) mass is 368 g/mol. The smallest absolute Gasteiger partial charge is 0.0104 e. The molecule has 0 saturated heterocycles. The van der Waals surface area contributed by atoms with Crippen LogP contribution in [-0.2, 0) is 5.41 Å². The van der Waals surface area contributed by atoms with Gasteiger partial charge in [-0.1, -0.05) is 92.6 Å². The minimum atomic E-state index is 0.140. The van der Waals surface area contributed by atoms with E-state index in [0.29, 0.717) is 17.8 Å².